The third-order valence-corrected chi connectivity index (χ3v) is 2.94. The minimum atomic E-state index is 0.165. The van der Waals surface area contributed by atoms with E-state index in [0.29, 0.717) is 0 Å². The van der Waals surface area contributed by atoms with Gasteiger partial charge >= 0.3 is 0 Å². The third kappa shape index (κ3) is 2.47. The van der Waals surface area contributed by atoms with Gasteiger partial charge in [0.25, 0.3) is 0 Å². The number of nitrogens with one attached hydrogen (secondary N) is 2. The van der Waals surface area contributed by atoms with Crippen molar-refractivity contribution in [2.24, 2.45) is 0 Å². The molecular weight excluding hydrogens is 240 g/mol. The average Bonchev–Trinajstić information content (AvgIpc) is 3.13. The number of aromatic nitrogens is 5. The van der Waals surface area contributed by atoms with Crippen LogP contribution in [0.2, 0.25) is 0 Å². The topological polar surface area (TPSA) is 71.4 Å². The van der Waals surface area contributed by atoms with E-state index >= 15 is 0 Å². The van der Waals surface area contributed by atoms with Gasteiger partial charge in [-0.1, -0.05) is 6.07 Å². The summed E-state index contributed by atoms with van der Waals surface area (Å²) in [7, 11) is 0. The van der Waals surface area contributed by atoms with E-state index < -0.39 is 0 Å². The van der Waals surface area contributed by atoms with Crippen molar-refractivity contribution in [3.63, 3.8) is 0 Å². The summed E-state index contributed by atoms with van der Waals surface area (Å²) in [5.41, 5.74) is 3.11. The SMILES string of the molecule is CC(Nc1cccc(-n2cnnc2)c1)c1ccn[nH]1. The maximum Gasteiger partial charge on any atom is 0.123 e. The van der Waals surface area contributed by atoms with Crippen molar-refractivity contribution >= 4 is 5.69 Å². The molecule has 6 nitrogen and oxygen atoms in total. The lowest BCUT2D eigenvalue weighted by atomic mass is 10.2. The standard InChI is InChI=1S/C13H14N6/c1-10(13-5-6-14-18-13)17-11-3-2-4-12(7-11)19-8-15-16-9-19/h2-10,17H,1H3,(H,14,18). The van der Waals surface area contributed by atoms with Gasteiger partial charge in [0, 0.05) is 11.9 Å². The van der Waals surface area contributed by atoms with E-state index in [9.17, 15) is 0 Å². The van der Waals surface area contributed by atoms with Gasteiger partial charge < -0.3 is 5.32 Å². The highest BCUT2D eigenvalue weighted by Crippen LogP contribution is 2.19. The van der Waals surface area contributed by atoms with Gasteiger partial charge in [0.2, 0.25) is 0 Å². The van der Waals surface area contributed by atoms with Crippen molar-refractivity contribution in [1.29, 1.82) is 0 Å². The highest BCUT2D eigenvalue weighted by molar-refractivity contribution is 5.52. The number of anilines is 1. The third-order valence-electron chi connectivity index (χ3n) is 2.94. The number of hydrogen-bond acceptors (Lipinski definition) is 4. The van der Waals surface area contributed by atoms with Gasteiger partial charge in [0.05, 0.1) is 17.4 Å². The summed E-state index contributed by atoms with van der Waals surface area (Å²) < 4.78 is 1.87. The Bertz CT molecular complexity index is 629. The smallest absolute Gasteiger partial charge is 0.123 e. The lowest BCUT2D eigenvalue weighted by Crippen LogP contribution is -2.07. The van der Waals surface area contributed by atoms with Crippen molar-refractivity contribution in [2.45, 2.75) is 13.0 Å². The summed E-state index contributed by atoms with van der Waals surface area (Å²) in [6.07, 6.45) is 5.11. The molecule has 2 aromatic heterocycles. The minimum absolute atomic E-state index is 0.165. The molecule has 96 valence electrons. The number of H-pyrrole nitrogens is 1. The van der Waals surface area contributed by atoms with E-state index in [1.807, 2.05) is 28.8 Å². The summed E-state index contributed by atoms with van der Waals surface area (Å²) in [6.45, 7) is 2.08. The summed E-state index contributed by atoms with van der Waals surface area (Å²) >= 11 is 0. The average molecular weight is 254 g/mol. The van der Waals surface area contributed by atoms with Crippen LogP contribution >= 0.6 is 0 Å². The lowest BCUT2D eigenvalue weighted by Gasteiger charge is -2.14. The van der Waals surface area contributed by atoms with E-state index in [4.69, 9.17) is 0 Å². The fourth-order valence-electron chi connectivity index (χ4n) is 1.93. The number of hydrogen-bond donors (Lipinski definition) is 2. The Balaban J connectivity index is 1.80. The maximum atomic E-state index is 3.96. The van der Waals surface area contributed by atoms with Crippen LogP contribution in [0.15, 0.2) is 49.2 Å². The Hall–Kier alpha value is -2.63. The van der Waals surface area contributed by atoms with E-state index in [0.717, 1.165) is 17.1 Å². The van der Waals surface area contributed by atoms with Gasteiger partial charge in [-0.15, -0.1) is 10.2 Å². The van der Waals surface area contributed by atoms with Gasteiger partial charge in [-0.05, 0) is 31.2 Å². The Labute approximate surface area is 110 Å². The van der Waals surface area contributed by atoms with E-state index in [1.54, 1.807) is 18.9 Å². The molecule has 0 saturated heterocycles. The van der Waals surface area contributed by atoms with E-state index in [2.05, 4.69) is 38.7 Å². The monoisotopic (exact) mass is 254 g/mol. The summed E-state index contributed by atoms with van der Waals surface area (Å²) in [5.74, 6) is 0. The first-order chi connectivity index (χ1) is 9.33. The van der Waals surface area contributed by atoms with Gasteiger partial charge in [0.15, 0.2) is 0 Å². The van der Waals surface area contributed by atoms with Crippen LogP contribution in [0, 0.1) is 0 Å². The lowest BCUT2D eigenvalue weighted by molar-refractivity contribution is 0.825. The Morgan fingerprint density at radius 1 is 1.21 bits per heavy atom. The summed E-state index contributed by atoms with van der Waals surface area (Å²) in [5, 5.41) is 18.0. The van der Waals surface area contributed by atoms with Gasteiger partial charge in [-0.3, -0.25) is 9.67 Å². The second-order valence-corrected chi connectivity index (χ2v) is 4.30. The predicted octanol–water partition coefficient (Wildman–Crippen LogP) is 2.16. The van der Waals surface area contributed by atoms with Crippen molar-refractivity contribution in [3.05, 3.63) is 54.9 Å². The van der Waals surface area contributed by atoms with E-state index in [-0.39, 0.29) is 6.04 Å². The van der Waals surface area contributed by atoms with Crippen LogP contribution in [0.3, 0.4) is 0 Å². The molecule has 2 heterocycles. The number of nitrogens with zero attached hydrogens (tertiary/aromatic N) is 4. The highest BCUT2D eigenvalue weighted by Gasteiger charge is 2.06. The Kier molecular flexibility index (Phi) is 2.97. The largest absolute Gasteiger partial charge is 0.377 e. The molecule has 0 aliphatic heterocycles. The normalized spacial score (nSPS) is 12.3. The summed E-state index contributed by atoms with van der Waals surface area (Å²) in [4.78, 5) is 0. The van der Waals surface area contributed by atoms with Gasteiger partial charge in [-0.2, -0.15) is 5.10 Å². The Morgan fingerprint density at radius 2 is 2.05 bits per heavy atom. The highest BCUT2D eigenvalue weighted by atomic mass is 15.2. The quantitative estimate of drug-likeness (QED) is 0.748. The van der Waals surface area contributed by atoms with Crippen molar-refractivity contribution in [1.82, 2.24) is 25.0 Å². The molecular formula is C13H14N6. The van der Waals surface area contributed by atoms with E-state index in [1.165, 1.54) is 0 Å². The van der Waals surface area contributed by atoms with Crippen molar-refractivity contribution in [2.75, 3.05) is 5.32 Å². The Morgan fingerprint density at radius 3 is 2.79 bits per heavy atom. The molecule has 0 amide bonds. The van der Waals surface area contributed by atoms with Crippen LogP contribution in [0.1, 0.15) is 18.7 Å². The molecule has 3 aromatic rings. The molecule has 0 bridgehead atoms. The molecule has 6 heteroatoms. The number of benzene rings is 1. The number of aromatic amines is 1. The molecule has 0 spiro atoms. The molecule has 0 fully saturated rings. The van der Waals surface area contributed by atoms with Crippen LogP contribution in [0.25, 0.3) is 5.69 Å². The van der Waals surface area contributed by atoms with Crippen LogP contribution in [-0.4, -0.2) is 25.0 Å². The molecule has 1 aromatic carbocycles. The fourth-order valence-corrected chi connectivity index (χ4v) is 1.93. The maximum absolute atomic E-state index is 3.96. The number of rotatable bonds is 4. The zero-order valence-corrected chi connectivity index (χ0v) is 10.5. The van der Waals surface area contributed by atoms with Crippen LogP contribution in [-0.2, 0) is 0 Å². The van der Waals surface area contributed by atoms with Gasteiger partial charge in [-0.25, -0.2) is 0 Å². The molecule has 0 radical (unpaired) electrons. The molecule has 2 N–H and O–H groups in total. The molecule has 1 unspecified atom stereocenters. The van der Waals surface area contributed by atoms with Crippen molar-refractivity contribution < 1.29 is 0 Å². The first-order valence-electron chi connectivity index (χ1n) is 6.04. The second kappa shape index (κ2) is 4.93. The molecule has 3 rings (SSSR count). The molecule has 19 heavy (non-hydrogen) atoms. The first kappa shape index (κ1) is 11.5. The van der Waals surface area contributed by atoms with Crippen LogP contribution in [0.5, 0.6) is 0 Å². The molecule has 1 atom stereocenters. The first-order valence-corrected chi connectivity index (χ1v) is 6.04. The fraction of sp³-hybridized carbons (Fsp3) is 0.154. The van der Waals surface area contributed by atoms with Crippen LogP contribution < -0.4 is 5.32 Å². The zero-order chi connectivity index (χ0) is 13.1. The van der Waals surface area contributed by atoms with Crippen LogP contribution in [0.4, 0.5) is 5.69 Å². The zero-order valence-electron chi connectivity index (χ0n) is 10.5. The summed E-state index contributed by atoms with van der Waals surface area (Å²) in [6, 6.07) is 10.2. The van der Waals surface area contributed by atoms with Gasteiger partial charge in [0.1, 0.15) is 12.7 Å². The molecule has 0 saturated carbocycles. The molecule has 0 aliphatic carbocycles. The molecule has 0 aliphatic rings. The second-order valence-electron chi connectivity index (χ2n) is 4.30. The minimum Gasteiger partial charge on any atom is -0.377 e. The predicted molar refractivity (Wildman–Crippen MR) is 72.0 cm³/mol. The van der Waals surface area contributed by atoms with Crippen molar-refractivity contribution in [3.8, 4) is 5.69 Å².